The van der Waals surface area contributed by atoms with Crippen LogP contribution < -0.4 is 10.7 Å². The molecule has 1 heterocycles. The average molecular weight is 325 g/mol. The molecule has 0 radical (unpaired) electrons. The molecule has 1 aromatic rings. The van der Waals surface area contributed by atoms with Gasteiger partial charge in [0.2, 0.25) is 5.91 Å². The van der Waals surface area contributed by atoms with E-state index in [2.05, 4.69) is 5.10 Å². The number of halogens is 2. The summed E-state index contributed by atoms with van der Waals surface area (Å²) in [6.45, 7) is 2.21. The number of ether oxygens (including phenoxy) is 1. The number of anilines is 1. The zero-order chi connectivity index (χ0) is 17.2. The standard InChI is InChI=1S/C15H17F2N3O3/c1-15(2,14(16)17)23-13(22)10-8-11(12(18)21)20(19-10)9-6-4-3-5-7-9/h3-7,11,14H,8H2,1-2H3,(H2,18,21). The summed E-state index contributed by atoms with van der Waals surface area (Å²) in [5.74, 6) is -1.66. The van der Waals surface area contributed by atoms with Gasteiger partial charge in [-0.15, -0.1) is 0 Å². The molecule has 0 spiro atoms. The number of rotatable bonds is 5. The van der Waals surface area contributed by atoms with Gasteiger partial charge in [-0.05, 0) is 26.0 Å². The highest BCUT2D eigenvalue weighted by Crippen LogP contribution is 2.26. The van der Waals surface area contributed by atoms with Gasteiger partial charge in [0, 0.05) is 6.42 Å². The summed E-state index contributed by atoms with van der Waals surface area (Å²) in [6, 6.07) is 7.77. The van der Waals surface area contributed by atoms with Gasteiger partial charge in [-0.2, -0.15) is 5.10 Å². The van der Waals surface area contributed by atoms with Gasteiger partial charge < -0.3 is 10.5 Å². The largest absolute Gasteiger partial charge is 0.449 e. The summed E-state index contributed by atoms with van der Waals surface area (Å²) >= 11 is 0. The second kappa shape index (κ2) is 6.31. The van der Waals surface area contributed by atoms with Gasteiger partial charge in [-0.3, -0.25) is 9.80 Å². The highest BCUT2D eigenvalue weighted by Gasteiger charge is 2.40. The number of hydrogen-bond acceptors (Lipinski definition) is 5. The topological polar surface area (TPSA) is 85.0 Å². The van der Waals surface area contributed by atoms with Crippen LogP contribution >= 0.6 is 0 Å². The van der Waals surface area contributed by atoms with Gasteiger partial charge in [0.05, 0.1) is 5.69 Å². The van der Waals surface area contributed by atoms with Gasteiger partial charge in [0.15, 0.2) is 5.60 Å². The van der Waals surface area contributed by atoms with Crippen molar-refractivity contribution < 1.29 is 23.1 Å². The monoisotopic (exact) mass is 325 g/mol. The van der Waals surface area contributed by atoms with Crippen molar-refractivity contribution in [2.75, 3.05) is 5.01 Å². The number of hydrogen-bond donors (Lipinski definition) is 1. The minimum atomic E-state index is -2.84. The van der Waals surface area contributed by atoms with Crippen molar-refractivity contribution in [1.29, 1.82) is 0 Å². The summed E-state index contributed by atoms with van der Waals surface area (Å²) < 4.78 is 30.4. The molecule has 1 aromatic carbocycles. The highest BCUT2D eigenvalue weighted by molar-refractivity contribution is 6.38. The van der Waals surface area contributed by atoms with Crippen LogP contribution in [0, 0.1) is 0 Å². The normalized spacial score (nSPS) is 18.0. The Kier molecular flexibility index (Phi) is 4.63. The van der Waals surface area contributed by atoms with E-state index in [4.69, 9.17) is 10.5 Å². The second-order valence-electron chi connectivity index (χ2n) is 5.64. The van der Waals surface area contributed by atoms with E-state index in [9.17, 15) is 18.4 Å². The summed E-state index contributed by atoms with van der Waals surface area (Å²) in [5, 5.41) is 5.33. The molecular weight excluding hydrogens is 308 g/mol. The van der Waals surface area contributed by atoms with E-state index in [-0.39, 0.29) is 12.1 Å². The lowest BCUT2D eigenvalue weighted by atomic mass is 10.1. The Labute approximate surface area is 131 Å². The van der Waals surface area contributed by atoms with Gasteiger partial charge in [0.25, 0.3) is 6.43 Å². The van der Waals surface area contributed by atoms with E-state index in [0.717, 1.165) is 13.8 Å². The van der Waals surface area contributed by atoms with Crippen LogP contribution in [0.3, 0.4) is 0 Å². The molecule has 8 heteroatoms. The predicted octanol–water partition coefficient (Wildman–Crippen LogP) is 1.69. The fourth-order valence-electron chi connectivity index (χ4n) is 2.02. The van der Waals surface area contributed by atoms with E-state index in [0.29, 0.717) is 5.69 Å². The molecule has 2 N–H and O–H groups in total. The number of carbonyl (C=O) groups excluding carboxylic acids is 2. The molecule has 1 atom stereocenters. The van der Waals surface area contributed by atoms with Crippen molar-refractivity contribution in [2.45, 2.75) is 38.3 Å². The van der Waals surface area contributed by atoms with Crippen LogP contribution in [0.1, 0.15) is 20.3 Å². The third kappa shape index (κ3) is 3.64. The maximum absolute atomic E-state index is 12.8. The van der Waals surface area contributed by atoms with Gasteiger partial charge in [-0.25, -0.2) is 13.6 Å². The molecule has 0 bridgehead atoms. The first-order chi connectivity index (χ1) is 10.7. The van der Waals surface area contributed by atoms with Crippen LogP contribution in [0.25, 0.3) is 0 Å². The molecule has 124 valence electrons. The van der Waals surface area contributed by atoms with Gasteiger partial charge in [0.1, 0.15) is 11.8 Å². The molecular formula is C15H17F2N3O3. The Morgan fingerprint density at radius 1 is 1.35 bits per heavy atom. The van der Waals surface area contributed by atoms with Crippen LogP contribution in [0.2, 0.25) is 0 Å². The van der Waals surface area contributed by atoms with Crippen molar-refractivity contribution in [1.82, 2.24) is 0 Å². The molecule has 1 aliphatic heterocycles. The number of nitrogens with two attached hydrogens (primary N) is 1. The van der Waals surface area contributed by atoms with Gasteiger partial charge >= 0.3 is 5.97 Å². The molecule has 0 saturated heterocycles. The molecule has 23 heavy (non-hydrogen) atoms. The summed E-state index contributed by atoms with van der Waals surface area (Å²) in [7, 11) is 0. The quantitative estimate of drug-likeness (QED) is 0.835. The van der Waals surface area contributed by atoms with Crippen molar-refractivity contribution in [3.8, 4) is 0 Å². The van der Waals surface area contributed by atoms with Crippen LogP contribution in [0.5, 0.6) is 0 Å². The summed E-state index contributed by atoms with van der Waals surface area (Å²) in [5.41, 5.74) is 3.84. The molecule has 0 fully saturated rings. The molecule has 1 unspecified atom stereocenters. The lowest BCUT2D eigenvalue weighted by Crippen LogP contribution is -2.40. The number of benzene rings is 1. The smallest absolute Gasteiger partial charge is 0.355 e. The minimum absolute atomic E-state index is 0.0949. The number of nitrogens with zero attached hydrogens (tertiary/aromatic N) is 2. The van der Waals surface area contributed by atoms with Crippen LogP contribution in [0.15, 0.2) is 35.4 Å². The Morgan fingerprint density at radius 3 is 2.48 bits per heavy atom. The first-order valence-corrected chi connectivity index (χ1v) is 6.95. The molecule has 0 aliphatic carbocycles. The molecule has 1 amide bonds. The number of esters is 1. The molecule has 2 rings (SSSR count). The Hall–Kier alpha value is -2.51. The third-order valence-corrected chi connectivity index (χ3v) is 3.38. The lowest BCUT2D eigenvalue weighted by Gasteiger charge is -2.23. The second-order valence-corrected chi connectivity index (χ2v) is 5.64. The van der Waals surface area contributed by atoms with Gasteiger partial charge in [-0.1, -0.05) is 18.2 Å². The Morgan fingerprint density at radius 2 is 1.96 bits per heavy atom. The van der Waals surface area contributed by atoms with Crippen LogP contribution in [0.4, 0.5) is 14.5 Å². The zero-order valence-electron chi connectivity index (χ0n) is 12.7. The van der Waals surface area contributed by atoms with E-state index in [1.807, 2.05) is 0 Å². The van der Waals surface area contributed by atoms with Crippen LogP contribution in [-0.4, -0.2) is 35.7 Å². The average Bonchev–Trinajstić information content (AvgIpc) is 2.93. The molecule has 0 saturated carbocycles. The number of amides is 1. The Bertz CT molecular complexity index is 632. The van der Waals surface area contributed by atoms with Crippen molar-refractivity contribution in [3.63, 3.8) is 0 Å². The minimum Gasteiger partial charge on any atom is -0.449 e. The van der Waals surface area contributed by atoms with Crippen LogP contribution in [-0.2, 0) is 14.3 Å². The molecule has 6 nitrogen and oxygen atoms in total. The number of primary amides is 1. The molecule has 1 aliphatic rings. The predicted molar refractivity (Wildman–Crippen MR) is 80.1 cm³/mol. The summed E-state index contributed by atoms with van der Waals surface area (Å²) in [6.07, 6.45) is -2.94. The number of para-hydroxylation sites is 1. The van der Waals surface area contributed by atoms with E-state index in [1.165, 1.54) is 5.01 Å². The summed E-state index contributed by atoms with van der Waals surface area (Å²) in [4.78, 5) is 23.6. The fourth-order valence-corrected chi connectivity index (χ4v) is 2.02. The maximum atomic E-state index is 12.8. The van der Waals surface area contributed by atoms with E-state index < -0.39 is 29.9 Å². The first-order valence-electron chi connectivity index (χ1n) is 6.95. The van der Waals surface area contributed by atoms with Crippen molar-refractivity contribution >= 4 is 23.3 Å². The lowest BCUT2D eigenvalue weighted by molar-refractivity contribution is -0.163. The SMILES string of the molecule is CC(C)(OC(=O)C1=NN(c2ccccc2)C(C(N)=O)C1)C(F)F. The van der Waals surface area contributed by atoms with E-state index >= 15 is 0 Å². The molecule has 0 aromatic heterocycles. The first kappa shape index (κ1) is 16.9. The van der Waals surface area contributed by atoms with Crippen molar-refractivity contribution in [3.05, 3.63) is 30.3 Å². The number of hydrazone groups is 1. The van der Waals surface area contributed by atoms with E-state index in [1.54, 1.807) is 30.3 Å². The van der Waals surface area contributed by atoms with Crippen molar-refractivity contribution in [2.24, 2.45) is 10.8 Å². The fraction of sp³-hybridized carbons (Fsp3) is 0.400. The number of carbonyl (C=O) groups is 2. The maximum Gasteiger partial charge on any atom is 0.355 e. The Balaban J connectivity index is 2.23. The number of alkyl halides is 2. The zero-order valence-corrected chi connectivity index (χ0v) is 12.7. The highest BCUT2D eigenvalue weighted by atomic mass is 19.3. The third-order valence-electron chi connectivity index (χ3n) is 3.38.